The van der Waals surface area contributed by atoms with Crippen molar-refractivity contribution >= 4 is 5.91 Å². The Morgan fingerprint density at radius 1 is 1.00 bits per heavy atom. The molecule has 2 aromatic rings. The molecule has 4 nitrogen and oxygen atoms in total. The number of fused-ring (bicyclic) bond motifs is 3. The molecule has 26 heavy (non-hydrogen) atoms. The van der Waals surface area contributed by atoms with Gasteiger partial charge in [-0.2, -0.15) is 13.2 Å². The predicted octanol–water partition coefficient (Wildman–Crippen LogP) is 2.43. The number of aliphatic hydroxyl groups excluding tert-OH is 1. The second-order valence-electron chi connectivity index (χ2n) is 6.25. The van der Waals surface area contributed by atoms with Crippen molar-refractivity contribution < 1.29 is 23.1 Å². The Labute approximate surface area is 149 Å². The van der Waals surface area contributed by atoms with Crippen molar-refractivity contribution in [3.8, 4) is 11.1 Å². The summed E-state index contributed by atoms with van der Waals surface area (Å²) in [6.45, 7) is -1.55. The molecule has 1 aliphatic rings. The van der Waals surface area contributed by atoms with Crippen molar-refractivity contribution in [1.82, 2.24) is 10.6 Å². The fourth-order valence-corrected chi connectivity index (χ4v) is 3.21. The number of aliphatic hydroxyl groups is 1. The monoisotopic (exact) mass is 364 g/mol. The maximum atomic E-state index is 12.7. The van der Waals surface area contributed by atoms with Crippen molar-refractivity contribution in [2.75, 3.05) is 19.6 Å². The van der Waals surface area contributed by atoms with Gasteiger partial charge < -0.3 is 15.7 Å². The lowest BCUT2D eigenvalue weighted by Gasteiger charge is -2.17. The van der Waals surface area contributed by atoms with Crippen molar-refractivity contribution in [3.05, 3.63) is 59.7 Å². The molecule has 3 N–H and O–H groups in total. The number of alkyl halides is 3. The zero-order chi connectivity index (χ0) is 18.7. The molecule has 7 heteroatoms. The van der Waals surface area contributed by atoms with Gasteiger partial charge in [-0.25, -0.2) is 0 Å². The van der Waals surface area contributed by atoms with Crippen LogP contribution in [-0.4, -0.2) is 42.9 Å². The van der Waals surface area contributed by atoms with Gasteiger partial charge in [0.05, 0.1) is 18.6 Å². The quantitative estimate of drug-likeness (QED) is 0.738. The van der Waals surface area contributed by atoms with Gasteiger partial charge in [-0.1, -0.05) is 48.5 Å². The van der Waals surface area contributed by atoms with Gasteiger partial charge in [0, 0.05) is 13.1 Å². The smallest absolute Gasteiger partial charge is 0.390 e. The van der Waals surface area contributed by atoms with Gasteiger partial charge >= 0.3 is 6.18 Å². The maximum absolute atomic E-state index is 12.7. The Morgan fingerprint density at radius 3 is 2.08 bits per heavy atom. The summed E-state index contributed by atoms with van der Waals surface area (Å²) in [5, 5.41) is 14.6. The number of amides is 1. The minimum atomic E-state index is -4.33. The lowest BCUT2D eigenvalue weighted by Crippen LogP contribution is -2.41. The summed E-state index contributed by atoms with van der Waals surface area (Å²) in [5.41, 5.74) is 3.76. The Morgan fingerprint density at radius 2 is 1.54 bits per heavy atom. The highest BCUT2D eigenvalue weighted by molar-refractivity contribution is 5.96. The van der Waals surface area contributed by atoms with Gasteiger partial charge in [-0.3, -0.25) is 4.79 Å². The molecule has 0 radical (unpaired) electrons. The first-order valence-corrected chi connectivity index (χ1v) is 8.28. The number of carbonyl (C=O) groups excluding carboxylic acids is 1. The number of rotatable bonds is 6. The van der Waals surface area contributed by atoms with E-state index in [0.29, 0.717) is 0 Å². The molecular weight excluding hydrogens is 345 g/mol. The van der Waals surface area contributed by atoms with E-state index in [0.717, 1.165) is 22.3 Å². The summed E-state index contributed by atoms with van der Waals surface area (Å²) in [6.07, 6.45) is -5.44. The first-order valence-electron chi connectivity index (χ1n) is 8.28. The van der Waals surface area contributed by atoms with Crippen LogP contribution in [0.15, 0.2) is 48.5 Å². The number of hydrogen-bond acceptors (Lipinski definition) is 3. The Bertz CT molecular complexity index is 747. The van der Waals surface area contributed by atoms with Gasteiger partial charge in [-0.15, -0.1) is 0 Å². The van der Waals surface area contributed by atoms with E-state index >= 15 is 0 Å². The van der Waals surface area contributed by atoms with E-state index in [1.165, 1.54) is 0 Å². The number of carbonyl (C=O) groups is 1. The van der Waals surface area contributed by atoms with E-state index < -0.39 is 24.7 Å². The summed E-state index contributed by atoms with van der Waals surface area (Å²) in [6, 6.07) is 15.2. The lowest BCUT2D eigenvalue weighted by molar-refractivity contribution is -0.126. The average Bonchev–Trinajstić information content (AvgIpc) is 2.93. The normalized spacial score (nSPS) is 14.6. The SMILES string of the molecule is O=C(NCC(O)CNCC(F)(F)F)C1c2ccccc2-c2ccccc21. The van der Waals surface area contributed by atoms with Crippen LogP contribution >= 0.6 is 0 Å². The van der Waals surface area contributed by atoms with E-state index in [2.05, 4.69) is 10.6 Å². The Hall–Kier alpha value is -2.38. The Balaban J connectivity index is 1.63. The molecule has 0 bridgehead atoms. The molecule has 1 aliphatic carbocycles. The molecule has 0 fully saturated rings. The van der Waals surface area contributed by atoms with E-state index in [1.54, 1.807) is 0 Å². The maximum Gasteiger partial charge on any atom is 0.401 e. The van der Waals surface area contributed by atoms with Gasteiger partial charge in [0.2, 0.25) is 5.91 Å². The second kappa shape index (κ2) is 7.47. The first-order chi connectivity index (χ1) is 12.4. The summed E-state index contributed by atoms with van der Waals surface area (Å²) in [5.74, 6) is -0.769. The standard InChI is InChI=1S/C19H19F3N2O2/c20-19(21,22)11-23-9-12(25)10-24-18(26)17-15-7-3-1-5-13(15)14-6-2-4-8-16(14)17/h1-8,12,17,23,25H,9-11H2,(H,24,26). The van der Waals surface area contributed by atoms with Crippen LogP contribution < -0.4 is 10.6 Å². The van der Waals surface area contributed by atoms with Crippen LogP contribution in [0.5, 0.6) is 0 Å². The van der Waals surface area contributed by atoms with Gasteiger partial charge in [-0.05, 0) is 22.3 Å². The van der Waals surface area contributed by atoms with E-state index in [1.807, 2.05) is 48.5 Å². The van der Waals surface area contributed by atoms with Crippen molar-refractivity contribution in [1.29, 1.82) is 0 Å². The lowest BCUT2D eigenvalue weighted by atomic mass is 9.96. The second-order valence-corrected chi connectivity index (χ2v) is 6.25. The molecule has 138 valence electrons. The number of benzene rings is 2. The summed E-state index contributed by atoms with van der Waals surface area (Å²) >= 11 is 0. The average molecular weight is 364 g/mol. The molecule has 0 aliphatic heterocycles. The summed E-state index contributed by atoms with van der Waals surface area (Å²) < 4.78 is 36.3. The molecule has 0 heterocycles. The van der Waals surface area contributed by atoms with Crippen LogP contribution in [0.25, 0.3) is 11.1 Å². The Kier molecular flexibility index (Phi) is 5.29. The third kappa shape index (κ3) is 4.05. The van der Waals surface area contributed by atoms with Crippen LogP contribution in [0.4, 0.5) is 13.2 Å². The zero-order valence-corrected chi connectivity index (χ0v) is 13.9. The van der Waals surface area contributed by atoms with Crippen molar-refractivity contribution in [3.63, 3.8) is 0 Å². The molecule has 0 aromatic heterocycles. The van der Waals surface area contributed by atoms with Gasteiger partial charge in [0.15, 0.2) is 0 Å². The first kappa shape index (κ1) is 18.4. The van der Waals surface area contributed by atoms with E-state index in [4.69, 9.17) is 0 Å². The van der Waals surface area contributed by atoms with Crippen LogP contribution in [0.1, 0.15) is 17.0 Å². The summed E-state index contributed by atoms with van der Waals surface area (Å²) in [7, 11) is 0. The number of hydrogen-bond donors (Lipinski definition) is 3. The minimum absolute atomic E-state index is 0.121. The highest BCUT2D eigenvalue weighted by Gasteiger charge is 2.33. The fraction of sp³-hybridized carbons (Fsp3) is 0.316. The fourth-order valence-electron chi connectivity index (χ4n) is 3.21. The predicted molar refractivity (Wildman–Crippen MR) is 91.7 cm³/mol. The molecule has 3 rings (SSSR count). The molecule has 0 spiro atoms. The molecule has 1 atom stereocenters. The highest BCUT2D eigenvalue weighted by atomic mass is 19.4. The van der Waals surface area contributed by atoms with Crippen LogP contribution in [-0.2, 0) is 4.79 Å². The molecular formula is C19H19F3N2O2. The third-order valence-corrected chi connectivity index (χ3v) is 4.31. The van der Waals surface area contributed by atoms with Crippen molar-refractivity contribution in [2.45, 2.75) is 18.2 Å². The summed E-state index contributed by atoms with van der Waals surface area (Å²) in [4.78, 5) is 12.7. The molecule has 0 saturated heterocycles. The topological polar surface area (TPSA) is 61.4 Å². The van der Waals surface area contributed by atoms with Crippen LogP contribution in [0, 0.1) is 0 Å². The van der Waals surface area contributed by atoms with Crippen LogP contribution in [0.3, 0.4) is 0 Å². The highest BCUT2D eigenvalue weighted by Crippen LogP contribution is 2.44. The van der Waals surface area contributed by atoms with Gasteiger partial charge in [0.25, 0.3) is 0 Å². The third-order valence-electron chi connectivity index (χ3n) is 4.31. The van der Waals surface area contributed by atoms with Gasteiger partial charge in [0.1, 0.15) is 0 Å². The molecule has 1 unspecified atom stereocenters. The van der Waals surface area contributed by atoms with E-state index in [-0.39, 0.29) is 19.0 Å². The minimum Gasteiger partial charge on any atom is -0.390 e. The molecule has 0 saturated carbocycles. The van der Waals surface area contributed by atoms with E-state index in [9.17, 15) is 23.1 Å². The van der Waals surface area contributed by atoms with Crippen LogP contribution in [0.2, 0.25) is 0 Å². The number of halogens is 3. The number of nitrogens with one attached hydrogen (secondary N) is 2. The molecule has 2 aromatic carbocycles. The molecule has 1 amide bonds. The largest absolute Gasteiger partial charge is 0.401 e. The zero-order valence-electron chi connectivity index (χ0n) is 13.9. The van der Waals surface area contributed by atoms with Crippen molar-refractivity contribution in [2.24, 2.45) is 0 Å².